The van der Waals surface area contributed by atoms with E-state index in [0.717, 1.165) is 23.0 Å². The van der Waals surface area contributed by atoms with E-state index in [0.29, 0.717) is 27.8 Å². The van der Waals surface area contributed by atoms with Gasteiger partial charge < -0.3 is 15.4 Å². The summed E-state index contributed by atoms with van der Waals surface area (Å²) in [6.07, 6.45) is -2.84. The van der Waals surface area contributed by atoms with Crippen LogP contribution in [0.2, 0.25) is 0 Å². The molecule has 1 aliphatic heterocycles. The van der Waals surface area contributed by atoms with Gasteiger partial charge in [0.05, 0.1) is 34.2 Å². The molecular weight excluding hydrogens is 423 g/mol. The maximum atomic E-state index is 13.3. The van der Waals surface area contributed by atoms with Crippen molar-refractivity contribution in [1.29, 1.82) is 0 Å². The summed E-state index contributed by atoms with van der Waals surface area (Å²) >= 11 is 0. The highest BCUT2D eigenvalue weighted by Gasteiger charge is 2.36. The molecule has 10 heteroatoms. The van der Waals surface area contributed by atoms with Gasteiger partial charge >= 0.3 is 6.18 Å². The topological polar surface area (TPSA) is 86.3 Å². The Hall–Kier alpha value is -3.82. The molecule has 0 aliphatic carbocycles. The summed E-state index contributed by atoms with van der Waals surface area (Å²) in [4.78, 5) is 19.1. The normalized spacial score (nSPS) is 15.7. The molecule has 3 heterocycles. The van der Waals surface area contributed by atoms with Crippen LogP contribution in [-0.2, 0) is 13.2 Å². The quantitative estimate of drug-likeness (QED) is 0.510. The fraction of sp³-hybridized carbons (Fsp3) is 0.227. The van der Waals surface area contributed by atoms with E-state index in [1.165, 1.54) is 11.0 Å². The number of hydrogen-bond donors (Lipinski definition) is 1. The number of hydrogen-bond acceptors (Lipinski definition) is 5. The van der Waals surface area contributed by atoms with E-state index in [-0.39, 0.29) is 18.3 Å². The highest BCUT2D eigenvalue weighted by molar-refractivity contribution is 6.10. The van der Waals surface area contributed by atoms with E-state index in [1.54, 1.807) is 43.2 Å². The maximum Gasteiger partial charge on any atom is 0.416 e. The van der Waals surface area contributed by atoms with Gasteiger partial charge in [-0.15, -0.1) is 0 Å². The summed E-state index contributed by atoms with van der Waals surface area (Å²) in [7, 11) is 3.39. The first kappa shape index (κ1) is 20.1. The molecule has 2 aromatic heterocycles. The fourth-order valence-electron chi connectivity index (χ4n) is 4.13. The van der Waals surface area contributed by atoms with Crippen LogP contribution in [0, 0.1) is 0 Å². The van der Waals surface area contributed by atoms with Crippen LogP contribution in [0.15, 0.2) is 42.6 Å². The van der Waals surface area contributed by atoms with Crippen LogP contribution >= 0.6 is 0 Å². The molecule has 0 fully saturated rings. The van der Waals surface area contributed by atoms with Crippen LogP contribution in [0.4, 0.5) is 19.0 Å². The second-order valence-electron chi connectivity index (χ2n) is 7.75. The number of nitrogens with two attached hydrogens (primary N) is 1. The minimum absolute atomic E-state index is 0.0799. The van der Waals surface area contributed by atoms with Gasteiger partial charge in [-0.3, -0.25) is 9.48 Å². The molecule has 1 atom stereocenters. The summed E-state index contributed by atoms with van der Waals surface area (Å²) < 4.78 is 46.1. The lowest BCUT2D eigenvalue weighted by molar-refractivity contribution is -0.137. The maximum absolute atomic E-state index is 13.3. The van der Waals surface area contributed by atoms with Crippen molar-refractivity contribution in [1.82, 2.24) is 19.7 Å². The monoisotopic (exact) mass is 441 g/mol. The summed E-state index contributed by atoms with van der Waals surface area (Å²) in [5, 5.41) is 5.65. The average molecular weight is 441 g/mol. The predicted octanol–water partition coefficient (Wildman–Crippen LogP) is 3.93. The molecule has 2 aromatic carbocycles. The van der Waals surface area contributed by atoms with Crippen LogP contribution in [0.1, 0.15) is 27.5 Å². The number of ether oxygens (including phenoxy) is 1. The Kier molecular flexibility index (Phi) is 4.30. The number of aryl methyl sites for hydroxylation is 1. The number of carbonyl (C=O) groups is 1. The van der Waals surface area contributed by atoms with E-state index in [1.807, 2.05) is 0 Å². The van der Waals surface area contributed by atoms with Crippen LogP contribution in [0.3, 0.4) is 0 Å². The minimum atomic E-state index is -4.46. The molecular formula is C22H18F3N5O2. The van der Waals surface area contributed by atoms with Gasteiger partial charge in [-0.2, -0.15) is 18.3 Å². The molecule has 2 N–H and O–H groups in total. The standard InChI is InChI=1S/C22H18F3N5O2/c1-29(17-10-32-18-8-12(22(23,24)25)4-5-13(17)18)21(31)11-3-6-16-14(7-11)19-15(20(26)28-16)9-27-30(19)2/h3-9,17H,10H2,1-2H3,(H2,26,28)/t17-/m1/s1. The Bertz CT molecular complexity index is 1400. The number of benzene rings is 2. The predicted molar refractivity (Wildman–Crippen MR) is 112 cm³/mol. The summed E-state index contributed by atoms with van der Waals surface area (Å²) in [5.41, 5.74) is 7.58. The minimum Gasteiger partial charge on any atom is -0.491 e. The third-order valence-electron chi connectivity index (χ3n) is 5.84. The number of aromatic nitrogens is 3. The number of fused-ring (bicyclic) bond motifs is 4. The Morgan fingerprint density at radius 1 is 1.22 bits per heavy atom. The molecule has 164 valence electrons. The van der Waals surface area contributed by atoms with Crippen molar-refractivity contribution in [3.05, 3.63) is 59.3 Å². The van der Waals surface area contributed by atoms with E-state index in [4.69, 9.17) is 10.5 Å². The molecule has 4 aromatic rings. The van der Waals surface area contributed by atoms with Gasteiger partial charge in [0.1, 0.15) is 18.2 Å². The number of nitrogen functional groups attached to an aromatic ring is 1. The number of likely N-dealkylation sites (N-methyl/N-ethyl adjacent to an activating group) is 1. The van der Waals surface area contributed by atoms with Crippen molar-refractivity contribution >= 4 is 33.5 Å². The molecule has 0 spiro atoms. The van der Waals surface area contributed by atoms with Gasteiger partial charge in [0.15, 0.2) is 0 Å². The summed E-state index contributed by atoms with van der Waals surface area (Å²) in [6, 6.07) is 7.94. The Morgan fingerprint density at radius 2 is 2.00 bits per heavy atom. The van der Waals surface area contributed by atoms with Crippen molar-refractivity contribution in [3.63, 3.8) is 0 Å². The Balaban J connectivity index is 1.51. The van der Waals surface area contributed by atoms with E-state index < -0.39 is 17.8 Å². The third-order valence-corrected chi connectivity index (χ3v) is 5.84. The van der Waals surface area contributed by atoms with Crippen LogP contribution in [-0.4, -0.2) is 39.2 Å². The number of pyridine rings is 1. The van der Waals surface area contributed by atoms with Gasteiger partial charge in [-0.05, 0) is 30.3 Å². The molecule has 1 amide bonds. The van der Waals surface area contributed by atoms with Crippen molar-refractivity contribution < 1.29 is 22.7 Å². The fourth-order valence-corrected chi connectivity index (χ4v) is 4.13. The highest BCUT2D eigenvalue weighted by atomic mass is 19.4. The Labute approximate surface area is 180 Å². The average Bonchev–Trinajstić information content (AvgIpc) is 3.36. The zero-order chi connectivity index (χ0) is 22.8. The van der Waals surface area contributed by atoms with E-state index >= 15 is 0 Å². The zero-order valence-electron chi connectivity index (χ0n) is 17.1. The third kappa shape index (κ3) is 3.02. The smallest absolute Gasteiger partial charge is 0.416 e. The lowest BCUT2D eigenvalue weighted by atomic mass is 10.0. The number of anilines is 1. The van der Waals surface area contributed by atoms with Crippen LogP contribution < -0.4 is 10.5 Å². The van der Waals surface area contributed by atoms with Gasteiger partial charge in [0.2, 0.25) is 0 Å². The number of amides is 1. The van der Waals surface area contributed by atoms with Crippen LogP contribution in [0.5, 0.6) is 5.75 Å². The molecule has 32 heavy (non-hydrogen) atoms. The van der Waals surface area contributed by atoms with Crippen LogP contribution in [0.25, 0.3) is 21.8 Å². The first-order valence-electron chi connectivity index (χ1n) is 9.77. The first-order chi connectivity index (χ1) is 15.1. The molecule has 1 aliphatic rings. The van der Waals surface area contributed by atoms with Gasteiger partial charge in [-0.1, -0.05) is 6.07 Å². The molecule has 0 radical (unpaired) electrons. The zero-order valence-corrected chi connectivity index (χ0v) is 17.1. The lowest BCUT2D eigenvalue weighted by Gasteiger charge is -2.24. The molecule has 0 bridgehead atoms. The van der Waals surface area contributed by atoms with Gasteiger partial charge in [0, 0.05) is 30.6 Å². The summed E-state index contributed by atoms with van der Waals surface area (Å²) in [6.45, 7) is 0.0799. The molecule has 0 saturated heterocycles. The largest absolute Gasteiger partial charge is 0.491 e. The van der Waals surface area contributed by atoms with Crippen molar-refractivity contribution in [2.45, 2.75) is 12.2 Å². The van der Waals surface area contributed by atoms with E-state index in [9.17, 15) is 18.0 Å². The molecule has 0 saturated carbocycles. The lowest BCUT2D eigenvalue weighted by Crippen LogP contribution is -2.32. The van der Waals surface area contributed by atoms with Crippen molar-refractivity contribution in [2.75, 3.05) is 19.4 Å². The number of rotatable bonds is 2. The Morgan fingerprint density at radius 3 is 2.75 bits per heavy atom. The molecule has 0 unspecified atom stereocenters. The first-order valence-corrected chi connectivity index (χ1v) is 9.77. The van der Waals surface area contributed by atoms with Crippen molar-refractivity contribution in [2.24, 2.45) is 7.05 Å². The molecule has 7 nitrogen and oxygen atoms in total. The van der Waals surface area contributed by atoms with Gasteiger partial charge in [-0.25, -0.2) is 4.98 Å². The van der Waals surface area contributed by atoms with E-state index in [2.05, 4.69) is 10.1 Å². The second-order valence-corrected chi connectivity index (χ2v) is 7.75. The highest BCUT2D eigenvalue weighted by Crippen LogP contribution is 2.40. The second kappa shape index (κ2) is 6.84. The summed E-state index contributed by atoms with van der Waals surface area (Å²) in [5.74, 6) is 0.203. The number of nitrogens with zero attached hydrogens (tertiary/aromatic N) is 4. The van der Waals surface area contributed by atoms with Crippen molar-refractivity contribution in [3.8, 4) is 5.75 Å². The SMILES string of the molecule is CN(C(=O)c1ccc2nc(N)c3cnn(C)c3c2c1)[C@@H]1COc2cc(C(F)(F)F)ccc21. The van der Waals surface area contributed by atoms with Gasteiger partial charge in [0.25, 0.3) is 5.91 Å². The number of halogens is 3. The molecule has 5 rings (SSSR count). The number of carbonyl (C=O) groups excluding carboxylic acids is 1. The number of alkyl halides is 3.